The molecule has 1 N–H and O–H groups in total. The molecule has 16 heavy (non-hydrogen) atoms. The molecule has 0 saturated heterocycles. The maximum absolute atomic E-state index is 13.1. The van der Waals surface area contributed by atoms with Gasteiger partial charge in [-0.25, -0.2) is 8.78 Å². The van der Waals surface area contributed by atoms with Crippen molar-refractivity contribution >= 4 is 0 Å². The van der Waals surface area contributed by atoms with Crippen molar-refractivity contribution in [2.24, 2.45) is 5.92 Å². The molecule has 0 amide bonds. The minimum Gasteiger partial charge on any atom is -0.317 e. The maximum Gasteiger partial charge on any atom is 0.126 e. The molecule has 3 heteroatoms. The minimum atomic E-state index is -0.474. The Morgan fingerprint density at radius 1 is 1.25 bits per heavy atom. The molecular weight excluding hydrogens is 208 g/mol. The van der Waals surface area contributed by atoms with E-state index in [0.29, 0.717) is 17.9 Å². The van der Waals surface area contributed by atoms with Crippen molar-refractivity contribution in [1.29, 1.82) is 0 Å². The molecule has 1 fully saturated rings. The lowest BCUT2D eigenvalue weighted by atomic mass is 9.65. The zero-order chi connectivity index (χ0) is 11.7. The number of hydrogen-bond donors (Lipinski definition) is 1. The van der Waals surface area contributed by atoms with Crippen LogP contribution in [-0.4, -0.2) is 13.1 Å². The van der Waals surface area contributed by atoms with Crippen LogP contribution in [-0.2, 0) is 0 Å². The van der Waals surface area contributed by atoms with Gasteiger partial charge in [0, 0.05) is 12.1 Å². The second-order valence-corrected chi connectivity index (χ2v) is 4.51. The zero-order valence-corrected chi connectivity index (χ0v) is 9.63. The van der Waals surface area contributed by atoms with E-state index in [2.05, 4.69) is 12.2 Å². The van der Waals surface area contributed by atoms with E-state index in [1.807, 2.05) is 7.05 Å². The smallest absolute Gasteiger partial charge is 0.126 e. The lowest BCUT2D eigenvalue weighted by Gasteiger charge is -2.45. The van der Waals surface area contributed by atoms with Crippen molar-refractivity contribution in [2.45, 2.75) is 31.7 Å². The second kappa shape index (κ2) is 4.50. The van der Waals surface area contributed by atoms with Gasteiger partial charge in [-0.05, 0) is 43.0 Å². The molecule has 0 spiro atoms. The highest BCUT2D eigenvalue weighted by Gasteiger charge is 2.39. The van der Waals surface area contributed by atoms with Gasteiger partial charge < -0.3 is 5.32 Å². The van der Waals surface area contributed by atoms with E-state index in [9.17, 15) is 8.78 Å². The lowest BCUT2D eigenvalue weighted by molar-refractivity contribution is 0.168. The summed E-state index contributed by atoms with van der Waals surface area (Å²) in [5.74, 6) is -0.158. The highest BCUT2D eigenvalue weighted by atomic mass is 19.1. The molecule has 88 valence electrons. The Kier molecular flexibility index (Phi) is 3.24. The predicted octanol–water partition coefficient (Wildman–Crippen LogP) is 3.07. The summed E-state index contributed by atoms with van der Waals surface area (Å²) in [7, 11) is 1.94. The summed E-state index contributed by atoms with van der Waals surface area (Å²) in [6, 6.07) is 4.34. The van der Waals surface area contributed by atoms with E-state index < -0.39 is 11.6 Å². The van der Waals surface area contributed by atoms with Crippen molar-refractivity contribution in [2.75, 3.05) is 7.05 Å². The SMILES string of the molecule is CCC1C(NC)CC1c1cc(F)cc(F)c1. The van der Waals surface area contributed by atoms with Crippen LogP contribution in [0.5, 0.6) is 0 Å². The fourth-order valence-corrected chi connectivity index (χ4v) is 2.78. The highest BCUT2D eigenvalue weighted by molar-refractivity contribution is 5.26. The molecule has 1 aliphatic rings. The van der Waals surface area contributed by atoms with Crippen LogP contribution < -0.4 is 5.32 Å². The van der Waals surface area contributed by atoms with Crippen molar-refractivity contribution in [3.8, 4) is 0 Å². The Morgan fingerprint density at radius 3 is 2.38 bits per heavy atom. The summed E-state index contributed by atoms with van der Waals surface area (Å²) in [4.78, 5) is 0. The molecule has 0 aromatic heterocycles. The maximum atomic E-state index is 13.1. The van der Waals surface area contributed by atoms with Gasteiger partial charge in [0.1, 0.15) is 11.6 Å². The summed E-state index contributed by atoms with van der Waals surface area (Å²) >= 11 is 0. The molecule has 1 aromatic carbocycles. The van der Waals surface area contributed by atoms with Crippen molar-refractivity contribution in [3.05, 3.63) is 35.4 Å². The van der Waals surface area contributed by atoms with E-state index in [-0.39, 0.29) is 0 Å². The van der Waals surface area contributed by atoms with Gasteiger partial charge in [0.2, 0.25) is 0 Å². The monoisotopic (exact) mass is 225 g/mol. The van der Waals surface area contributed by atoms with Crippen molar-refractivity contribution in [3.63, 3.8) is 0 Å². The van der Waals surface area contributed by atoms with Gasteiger partial charge in [-0.1, -0.05) is 13.3 Å². The van der Waals surface area contributed by atoms with E-state index in [1.165, 1.54) is 12.1 Å². The largest absolute Gasteiger partial charge is 0.317 e. The predicted molar refractivity (Wildman–Crippen MR) is 60.3 cm³/mol. The molecule has 1 nitrogen and oxygen atoms in total. The number of benzene rings is 1. The molecule has 1 aliphatic carbocycles. The van der Waals surface area contributed by atoms with Gasteiger partial charge in [0.15, 0.2) is 0 Å². The number of halogens is 2. The summed E-state index contributed by atoms with van der Waals surface area (Å²) in [5, 5.41) is 3.24. The summed E-state index contributed by atoms with van der Waals surface area (Å²) < 4.78 is 26.2. The third-order valence-corrected chi connectivity index (χ3v) is 3.70. The Hall–Kier alpha value is -0.960. The van der Waals surface area contributed by atoms with Gasteiger partial charge in [-0.3, -0.25) is 0 Å². The van der Waals surface area contributed by atoms with E-state index in [4.69, 9.17) is 0 Å². The van der Waals surface area contributed by atoms with Crippen LogP contribution in [0.15, 0.2) is 18.2 Å². The van der Waals surface area contributed by atoms with Gasteiger partial charge >= 0.3 is 0 Å². The van der Waals surface area contributed by atoms with E-state index in [0.717, 1.165) is 24.5 Å². The van der Waals surface area contributed by atoms with Crippen LogP contribution >= 0.6 is 0 Å². The van der Waals surface area contributed by atoms with Gasteiger partial charge in [0.25, 0.3) is 0 Å². The molecule has 3 unspecified atom stereocenters. The Labute approximate surface area is 94.9 Å². The van der Waals surface area contributed by atoms with Crippen LogP contribution in [0.4, 0.5) is 8.78 Å². The van der Waals surface area contributed by atoms with Gasteiger partial charge in [-0.2, -0.15) is 0 Å². The topological polar surface area (TPSA) is 12.0 Å². The van der Waals surface area contributed by atoms with Crippen LogP contribution in [0.2, 0.25) is 0 Å². The minimum absolute atomic E-state index is 0.299. The molecule has 3 atom stereocenters. The fraction of sp³-hybridized carbons (Fsp3) is 0.538. The van der Waals surface area contributed by atoms with Crippen LogP contribution in [0, 0.1) is 17.6 Å². The number of hydrogen-bond acceptors (Lipinski definition) is 1. The zero-order valence-electron chi connectivity index (χ0n) is 9.63. The van der Waals surface area contributed by atoms with Gasteiger partial charge in [-0.15, -0.1) is 0 Å². The summed E-state index contributed by atoms with van der Waals surface area (Å²) in [5.41, 5.74) is 0.802. The van der Waals surface area contributed by atoms with E-state index >= 15 is 0 Å². The number of rotatable bonds is 3. The third-order valence-electron chi connectivity index (χ3n) is 3.70. The molecular formula is C13H17F2N. The molecule has 0 aliphatic heterocycles. The Bertz CT molecular complexity index is 358. The molecule has 0 radical (unpaired) electrons. The molecule has 0 heterocycles. The quantitative estimate of drug-likeness (QED) is 0.833. The Morgan fingerprint density at radius 2 is 1.88 bits per heavy atom. The van der Waals surface area contributed by atoms with Gasteiger partial charge in [0.05, 0.1) is 0 Å². The standard InChI is InChI=1S/C13H17F2N/c1-3-11-12(7-13(11)16-2)8-4-9(14)6-10(15)5-8/h4-6,11-13,16H,3,7H2,1-2H3. The molecule has 1 saturated carbocycles. The summed E-state index contributed by atoms with van der Waals surface area (Å²) in [6.07, 6.45) is 2.01. The molecule has 2 rings (SSSR count). The normalized spacial score (nSPS) is 28.9. The van der Waals surface area contributed by atoms with Crippen LogP contribution in [0.3, 0.4) is 0 Å². The lowest BCUT2D eigenvalue weighted by Crippen LogP contribution is -2.47. The average molecular weight is 225 g/mol. The fourth-order valence-electron chi connectivity index (χ4n) is 2.78. The first-order chi connectivity index (χ1) is 7.65. The van der Waals surface area contributed by atoms with Crippen LogP contribution in [0.25, 0.3) is 0 Å². The second-order valence-electron chi connectivity index (χ2n) is 4.51. The van der Waals surface area contributed by atoms with Crippen molar-refractivity contribution in [1.82, 2.24) is 5.32 Å². The molecule has 0 bridgehead atoms. The average Bonchev–Trinajstić information content (AvgIpc) is 2.16. The Balaban J connectivity index is 2.19. The molecule has 1 aromatic rings. The summed E-state index contributed by atoms with van der Waals surface area (Å²) in [6.45, 7) is 2.12. The highest BCUT2D eigenvalue weighted by Crippen LogP contribution is 2.44. The van der Waals surface area contributed by atoms with Crippen molar-refractivity contribution < 1.29 is 8.78 Å². The first kappa shape index (κ1) is 11.5. The first-order valence-electron chi connectivity index (χ1n) is 5.79. The van der Waals surface area contributed by atoms with E-state index in [1.54, 1.807) is 0 Å². The third kappa shape index (κ3) is 1.96. The number of nitrogens with one attached hydrogen (secondary N) is 1. The first-order valence-corrected chi connectivity index (χ1v) is 5.79. The van der Waals surface area contributed by atoms with Crippen LogP contribution in [0.1, 0.15) is 31.2 Å².